The van der Waals surface area contributed by atoms with Gasteiger partial charge in [0.05, 0.1) is 22.7 Å². The molecule has 0 bridgehead atoms. The van der Waals surface area contributed by atoms with E-state index >= 15 is 0 Å². The van der Waals surface area contributed by atoms with Crippen molar-refractivity contribution in [2.75, 3.05) is 9.80 Å². The van der Waals surface area contributed by atoms with Crippen molar-refractivity contribution < 1.29 is 13.6 Å². The van der Waals surface area contributed by atoms with Crippen molar-refractivity contribution in [3.05, 3.63) is 255 Å². The SMILES string of the molecule is c1ccc(-c2ccccc2N(c2ccc3c(c2)Oc2cccc4c2c-3cc2ccc(-c3ccc(N(c5ccccc5)c5cccc6c5oc5ccccc56)cc3)cc24)c2cccc3c2oc2ccccc23)cc1. The highest BCUT2D eigenvalue weighted by Gasteiger charge is 2.27. The number of ether oxygens (including phenoxy) is 1. The van der Waals surface area contributed by atoms with Gasteiger partial charge in [-0.25, -0.2) is 0 Å². The van der Waals surface area contributed by atoms with E-state index in [1.807, 2.05) is 24.3 Å². The van der Waals surface area contributed by atoms with Crippen molar-refractivity contribution in [1.82, 2.24) is 0 Å². The highest BCUT2D eigenvalue weighted by molar-refractivity contribution is 6.18. The van der Waals surface area contributed by atoms with E-state index in [-0.39, 0.29) is 0 Å². The van der Waals surface area contributed by atoms with Crippen LogP contribution in [0, 0.1) is 0 Å². The molecular formula is C68H42N2O3. The number of fused-ring (bicyclic) bond motifs is 10. The Bertz CT molecular complexity index is 4480. The standard InChI is InChI=1S/C68H42N2O3/c1-3-16-44(17-4-1)50-20-7-10-26-59(50)70(61-28-14-25-56-52-22-9-12-30-63(52)73-68(56)61)49-38-39-53-58-41-46-33-32-45(40-57(46)54-23-15-31-64(66(54)58)71-65(53)42-49)43-34-36-48(37-35-43)69(47-18-5-2-6-19-47)60-27-13-24-55-51-21-8-11-29-62(51)72-67(55)60/h1-42H. The first-order chi connectivity index (χ1) is 36.2. The first kappa shape index (κ1) is 41.0. The highest BCUT2D eigenvalue weighted by atomic mass is 16.5. The molecule has 0 saturated carbocycles. The molecule has 12 aromatic carbocycles. The van der Waals surface area contributed by atoms with Crippen LogP contribution >= 0.6 is 0 Å². The van der Waals surface area contributed by atoms with Gasteiger partial charge in [0, 0.05) is 55.5 Å². The van der Waals surface area contributed by atoms with Crippen LogP contribution in [0.5, 0.6) is 11.5 Å². The predicted molar refractivity (Wildman–Crippen MR) is 302 cm³/mol. The number of benzene rings is 12. The Labute approximate surface area is 420 Å². The summed E-state index contributed by atoms with van der Waals surface area (Å²) in [6.07, 6.45) is 0. The minimum absolute atomic E-state index is 0.800. The Balaban J connectivity index is 0.827. The number of anilines is 6. The van der Waals surface area contributed by atoms with E-state index in [1.54, 1.807) is 0 Å². The zero-order valence-corrected chi connectivity index (χ0v) is 39.4. The maximum absolute atomic E-state index is 7.02. The molecule has 342 valence electrons. The van der Waals surface area contributed by atoms with E-state index in [9.17, 15) is 0 Å². The average molecular weight is 935 g/mol. The Hall–Kier alpha value is -9.84. The molecular weight excluding hydrogens is 893 g/mol. The number of hydrogen-bond donors (Lipinski definition) is 0. The van der Waals surface area contributed by atoms with E-state index in [0.29, 0.717) is 0 Å². The van der Waals surface area contributed by atoms with Crippen molar-refractivity contribution in [3.63, 3.8) is 0 Å². The van der Waals surface area contributed by atoms with Crippen molar-refractivity contribution in [1.29, 1.82) is 0 Å². The summed E-state index contributed by atoms with van der Waals surface area (Å²) in [5.74, 6) is 1.64. The van der Waals surface area contributed by atoms with Crippen LogP contribution in [-0.2, 0) is 0 Å². The Morgan fingerprint density at radius 3 is 1.58 bits per heavy atom. The Kier molecular flexibility index (Phi) is 9.19. The summed E-state index contributed by atoms with van der Waals surface area (Å²) in [6, 6.07) is 90.2. The van der Waals surface area contributed by atoms with E-state index in [4.69, 9.17) is 13.6 Å². The van der Waals surface area contributed by atoms with Gasteiger partial charge < -0.3 is 23.4 Å². The molecule has 0 atom stereocenters. The van der Waals surface area contributed by atoms with Gasteiger partial charge in [-0.2, -0.15) is 0 Å². The number of rotatable bonds is 8. The quantitative estimate of drug-likeness (QED) is 0.142. The lowest BCUT2D eigenvalue weighted by atomic mass is 9.89. The molecule has 0 aliphatic carbocycles. The van der Waals surface area contributed by atoms with Crippen LogP contribution < -0.4 is 14.5 Å². The molecule has 0 spiro atoms. The minimum Gasteiger partial charge on any atom is -0.456 e. The first-order valence-corrected chi connectivity index (χ1v) is 24.7. The molecule has 2 aromatic heterocycles. The van der Waals surface area contributed by atoms with Crippen molar-refractivity contribution in [2.45, 2.75) is 0 Å². The molecule has 5 nitrogen and oxygen atoms in total. The van der Waals surface area contributed by atoms with Gasteiger partial charge in [-0.15, -0.1) is 0 Å². The Morgan fingerprint density at radius 1 is 0.274 bits per heavy atom. The fraction of sp³-hybridized carbons (Fsp3) is 0. The van der Waals surface area contributed by atoms with Crippen LogP contribution in [0.25, 0.3) is 98.8 Å². The van der Waals surface area contributed by atoms with Crippen molar-refractivity contribution >= 4 is 99.5 Å². The maximum Gasteiger partial charge on any atom is 0.159 e. The number of para-hydroxylation sites is 6. The summed E-state index contributed by atoms with van der Waals surface area (Å²) in [4.78, 5) is 4.61. The molecule has 14 aromatic rings. The van der Waals surface area contributed by atoms with Gasteiger partial charge in [0.25, 0.3) is 0 Å². The molecule has 0 N–H and O–H groups in total. The van der Waals surface area contributed by atoms with Crippen LogP contribution in [0.1, 0.15) is 0 Å². The molecule has 0 saturated heterocycles. The lowest BCUT2D eigenvalue weighted by Gasteiger charge is -2.29. The summed E-state index contributed by atoms with van der Waals surface area (Å²) in [7, 11) is 0. The van der Waals surface area contributed by atoms with Crippen molar-refractivity contribution in [3.8, 4) is 44.9 Å². The molecule has 0 fully saturated rings. The monoisotopic (exact) mass is 934 g/mol. The first-order valence-electron chi connectivity index (χ1n) is 24.7. The fourth-order valence-corrected chi connectivity index (χ4v) is 11.3. The van der Waals surface area contributed by atoms with E-state index in [2.05, 4.69) is 240 Å². The van der Waals surface area contributed by atoms with E-state index in [0.717, 1.165) is 134 Å². The van der Waals surface area contributed by atoms with Gasteiger partial charge >= 0.3 is 0 Å². The fourth-order valence-electron chi connectivity index (χ4n) is 11.3. The third kappa shape index (κ3) is 6.56. The van der Waals surface area contributed by atoms with E-state index in [1.165, 1.54) is 10.8 Å². The second-order valence-electron chi connectivity index (χ2n) is 18.8. The zero-order valence-electron chi connectivity index (χ0n) is 39.4. The van der Waals surface area contributed by atoms with Gasteiger partial charge in [-0.1, -0.05) is 164 Å². The van der Waals surface area contributed by atoms with Gasteiger partial charge in [0.15, 0.2) is 11.2 Å². The molecule has 1 aliphatic heterocycles. The van der Waals surface area contributed by atoms with Gasteiger partial charge in [-0.3, -0.25) is 0 Å². The van der Waals surface area contributed by atoms with Crippen LogP contribution in [0.15, 0.2) is 264 Å². The summed E-state index contributed by atoms with van der Waals surface area (Å²) in [6.45, 7) is 0. The minimum atomic E-state index is 0.800. The van der Waals surface area contributed by atoms with Gasteiger partial charge in [-0.05, 0) is 123 Å². The van der Waals surface area contributed by atoms with Gasteiger partial charge in [0.1, 0.15) is 22.7 Å². The summed E-state index contributed by atoms with van der Waals surface area (Å²) in [5, 5.41) is 8.97. The lowest BCUT2D eigenvalue weighted by Crippen LogP contribution is -2.12. The van der Waals surface area contributed by atoms with Crippen LogP contribution in [0.2, 0.25) is 0 Å². The smallest absolute Gasteiger partial charge is 0.159 e. The molecule has 0 unspecified atom stereocenters. The molecule has 3 heterocycles. The topological polar surface area (TPSA) is 42.0 Å². The zero-order chi connectivity index (χ0) is 48.0. The number of furan rings is 2. The highest BCUT2D eigenvalue weighted by Crippen LogP contribution is 2.53. The predicted octanol–water partition coefficient (Wildman–Crippen LogP) is 19.8. The molecule has 0 radical (unpaired) electrons. The largest absolute Gasteiger partial charge is 0.456 e. The molecule has 5 heteroatoms. The third-order valence-electron chi connectivity index (χ3n) is 14.6. The molecule has 0 amide bonds. The normalized spacial score (nSPS) is 11.9. The molecule has 73 heavy (non-hydrogen) atoms. The second-order valence-corrected chi connectivity index (χ2v) is 18.8. The summed E-state index contributed by atoms with van der Waals surface area (Å²) >= 11 is 0. The third-order valence-corrected chi connectivity index (χ3v) is 14.6. The molecule has 1 aliphatic rings. The van der Waals surface area contributed by atoms with Crippen molar-refractivity contribution in [2.24, 2.45) is 0 Å². The van der Waals surface area contributed by atoms with Crippen LogP contribution in [0.4, 0.5) is 34.1 Å². The number of hydrogen-bond acceptors (Lipinski definition) is 5. The maximum atomic E-state index is 7.02. The summed E-state index contributed by atoms with van der Waals surface area (Å²) in [5.41, 5.74) is 16.2. The van der Waals surface area contributed by atoms with Gasteiger partial charge in [0.2, 0.25) is 0 Å². The summed E-state index contributed by atoms with van der Waals surface area (Å²) < 4.78 is 20.3. The average Bonchev–Trinajstić information content (AvgIpc) is 4.05. The van der Waals surface area contributed by atoms with Crippen LogP contribution in [0.3, 0.4) is 0 Å². The van der Waals surface area contributed by atoms with Crippen LogP contribution in [-0.4, -0.2) is 0 Å². The van der Waals surface area contributed by atoms with E-state index < -0.39 is 0 Å². The lowest BCUT2D eigenvalue weighted by molar-refractivity contribution is 0.487. The number of nitrogens with zero attached hydrogens (tertiary/aromatic N) is 2. The Morgan fingerprint density at radius 2 is 0.836 bits per heavy atom. The molecule has 15 rings (SSSR count). The second kappa shape index (κ2) is 16.4.